The van der Waals surface area contributed by atoms with Crippen molar-refractivity contribution in [3.8, 4) is 5.75 Å². The van der Waals surface area contributed by atoms with Gasteiger partial charge in [-0.25, -0.2) is 15.0 Å². The van der Waals surface area contributed by atoms with Crippen molar-refractivity contribution >= 4 is 11.7 Å². The van der Waals surface area contributed by atoms with Gasteiger partial charge in [0.1, 0.15) is 23.2 Å². The van der Waals surface area contributed by atoms with Gasteiger partial charge in [0.2, 0.25) is 5.91 Å². The summed E-state index contributed by atoms with van der Waals surface area (Å²) in [5.74, 6) is 3.75. The van der Waals surface area contributed by atoms with Crippen LogP contribution in [-0.2, 0) is 24.3 Å². The van der Waals surface area contributed by atoms with E-state index in [1.165, 1.54) is 0 Å². The van der Waals surface area contributed by atoms with Crippen LogP contribution in [-0.4, -0.2) is 50.9 Å². The molecule has 0 bridgehead atoms. The van der Waals surface area contributed by atoms with E-state index in [0.29, 0.717) is 19.4 Å². The van der Waals surface area contributed by atoms with Gasteiger partial charge in [-0.05, 0) is 50.4 Å². The highest BCUT2D eigenvalue weighted by molar-refractivity contribution is 5.95. The molecule has 0 radical (unpaired) electrons. The number of fused-ring (bicyclic) bond motifs is 1. The summed E-state index contributed by atoms with van der Waals surface area (Å²) in [5.41, 5.74) is 3.10. The second-order valence-electron chi connectivity index (χ2n) is 8.91. The van der Waals surface area contributed by atoms with Crippen LogP contribution in [0.15, 0.2) is 36.7 Å². The topological polar surface area (TPSA) is 87.2 Å². The second kappa shape index (κ2) is 9.31. The standard InChI is InChI=1S/C25H30N6O2/c1-17-21-8-9-23(32)31(14-18-5-3-7-20(13-18)33-2)25(21)29-24(28-17)19-6-4-12-30(15-19)16-22-26-10-11-27-22/h3,5,7,10-11,13,19H,4,6,8-9,12,14-16H2,1-2H3,(H,26,27)/t19-/m1/s1. The molecule has 0 unspecified atom stereocenters. The van der Waals surface area contributed by atoms with E-state index in [0.717, 1.165) is 72.5 Å². The first-order valence-electron chi connectivity index (χ1n) is 11.6. The normalized spacial score (nSPS) is 18.9. The average molecular weight is 447 g/mol. The number of hydrogen-bond donors (Lipinski definition) is 1. The predicted molar refractivity (Wildman–Crippen MR) is 125 cm³/mol. The fraction of sp³-hybridized carbons (Fsp3) is 0.440. The Morgan fingerprint density at radius 3 is 2.94 bits per heavy atom. The van der Waals surface area contributed by atoms with Crippen molar-refractivity contribution in [3.63, 3.8) is 0 Å². The minimum Gasteiger partial charge on any atom is -0.497 e. The molecule has 1 atom stereocenters. The van der Waals surface area contributed by atoms with Crippen molar-refractivity contribution in [2.45, 2.75) is 51.6 Å². The highest BCUT2D eigenvalue weighted by atomic mass is 16.5. The quantitative estimate of drug-likeness (QED) is 0.625. The number of carbonyl (C=O) groups is 1. The molecular formula is C25H30N6O2. The number of carbonyl (C=O) groups excluding carboxylic acids is 1. The highest BCUT2D eigenvalue weighted by Gasteiger charge is 2.31. The Labute approximate surface area is 194 Å². The summed E-state index contributed by atoms with van der Waals surface area (Å²) in [7, 11) is 1.66. The van der Waals surface area contributed by atoms with Crippen LogP contribution in [0.3, 0.4) is 0 Å². The van der Waals surface area contributed by atoms with Crippen LogP contribution < -0.4 is 9.64 Å². The molecule has 1 saturated heterocycles. The Morgan fingerprint density at radius 1 is 1.21 bits per heavy atom. The number of methoxy groups -OCH3 is 1. The second-order valence-corrected chi connectivity index (χ2v) is 8.91. The highest BCUT2D eigenvalue weighted by Crippen LogP contribution is 2.33. The number of amides is 1. The van der Waals surface area contributed by atoms with Crippen LogP contribution in [0.4, 0.5) is 5.82 Å². The smallest absolute Gasteiger partial charge is 0.228 e. The molecule has 8 nitrogen and oxygen atoms in total. The van der Waals surface area contributed by atoms with Gasteiger partial charge in [0.25, 0.3) is 0 Å². The van der Waals surface area contributed by atoms with Crippen molar-refractivity contribution in [1.29, 1.82) is 0 Å². The summed E-state index contributed by atoms with van der Waals surface area (Å²) in [6.07, 6.45) is 6.99. The van der Waals surface area contributed by atoms with Crippen LogP contribution in [0.1, 0.15) is 53.7 Å². The summed E-state index contributed by atoms with van der Waals surface area (Å²) in [5, 5.41) is 0. The molecule has 0 spiro atoms. The number of nitrogens with one attached hydrogen (secondary N) is 1. The van der Waals surface area contributed by atoms with Gasteiger partial charge < -0.3 is 9.72 Å². The monoisotopic (exact) mass is 446 g/mol. The van der Waals surface area contributed by atoms with E-state index in [1.54, 1.807) is 13.3 Å². The van der Waals surface area contributed by atoms with Gasteiger partial charge in [0, 0.05) is 42.5 Å². The Bertz CT molecular complexity index is 1130. The number of piperidine rings is 1. The molecule has 2 aliphatic heterocycles. The predicted octanol–water partition coefficient (Wildman–Crippen LogP) is 3.38. The van der Waals surface area contributed by atoms with Crippen LogP contribution in [0.25, 0.3) is 0 Å². The number of aryl methyl sites for hydroxylation is 1. The van der Waals surface area contributed by atoms with E-state index in [1.807, 2.05) is 42.3 Å². The molecule has 1 fully saturated rings. The first-order valence-corrected chi connectivity index (χ1v) is 11.6. The third-order valence-corrected chi connectivity index (χ3v) is 6.63. The van der Waals surface area contributed by atoms with Crippen molar-refractivity contribution < 1.29 is 9.53 Å². The largest absolute Gasteiger partial charge is 0.497 e. The van der Waals surface area contributed by atoms with E-state index >= 15 is 0 Å². The lowest BCUT2D eigenvalue weighted by molar-refractivity contribution is -0.119. The van der Waals surface area contributed by atoms with Gasteiger partial charge in [0.15, 0.2) is 0 Å². The van der Waals surface area contributed by atoms with Gasteiger partial charge in [-0.15, -0.1) is 0 Å². The maximum atomic E-state index is 13.0. The van der Waals surface area contributed by atoms with Crippen molar-refractivity contribution in [2.75, 3.05) is 25.1 Å². The molecular weight excluding hydrogens is 416 g/mol. The molecule has 0 saturated carbocycles. The first kappa shape index (κ1) is 21.6. The lowest BCUT2D eigenvalue weighted by Crippen LogP contribution is -2.38. The zero-order valence-corrected chi connectivity index (χ0v) is 19.3. The third-order valence-electron chi connectivity index (χ3n) is 6.63. The molecule has 172 valence electrons. The molecule has 2 aromatic heterocycles. The molecule has 5 rings (SSSR count). The first-order chi connectivity index (χ1) is 16.1. The van der Waals surface area contributed by atoms with Crippen LogP contribution >= 0.6 is 0 Å². The lowest BCUT2D eigenvalue weighted by atomic mass is 9.96. The zero-order chi connectivity index (χ0) is 22.8. The number of benzene rings is 1. The number of nitrogens with zero attached hydrogens (tertiary/aromatic N) is 5. The van der Waals surface area contributed by atoms with Gasteiger partial charge in [-0.1, -0.05) is 12.1 Å². The number of aromatic nitrogens is 4. The Balaban J connectivity index is 1.41. The van der Waals surface area contributed by atoms with Crippen molar-refractivity contribution in [2.24, 2.45) is 0 Å². The summed E-state index contributed by atoms with van der Waals surface area (Å²) >= 11 is 0. The number of rotatable bonds is 6. The average Bonchev–Trinajstić information content (AvgIpc) is 3.34. The fourth-order valence-electron chi connectivity index (χ4n) is 4.91. The number of H-pyrrole nitrogens is 1. The summed E-state index contributed by atoms with van der Waals surface area (Å²) in [6, 6.07) is 7.87. The number of hydrogen-bond acceptors (Lipinski definition) is 6. The molecule has 1 N–H and O–H groups in total. The molecule has 0 aliphatic carbocycles. The number of anilines is 1. The summed E-state index contributed by atoms with van der Waals surface area (Å²) in [6.45, 7) is 5.26. The SMILES string of the molecule is COc1cccc(CN2C(=O)CCc3c(C)nc([C@@H]4CCCN(Cc5ncc[nH]5)C4)nc32)c1. The van der Waals surface area contributed by atoms with Crippen molar-refractivity contribution in [3.05, 3.63) is 65.1 Å². The Morgan fingerprint density at radius 2 is 2.12 bits per heavy atom. The minimum absolute atomic E-state index is 0.109. The van der Waals surface area contributed by atoms with E-state index in [-0.39, 0.29) is 11.8 Å². The molecule has 1 aromatic carbocycles. The number of ether oxygens (including phenoxy) is 1. The minimum atomic E-state index is 0.109. The Hall–Kier alpha value is -3.26. The summed E-state index contributed by atoms with van der Waals surface area (Å²) < 4.78 is 5.36. The molecule has 4 heterocycles. The van der Waals surface area contributed by atoms with Gasteiger partial charge in [0.05, 0.1) is 20.2 Å². The maximum Gasteiger partial charge on any atom is 0.228 e. The molecule has 1 amide bonds. The fourth-order valence-corrected chi connectivity index (χ4v) is 4.91. The van der Waals surface area contributed by atoms with Crippen molar-refractivity contribution in [1.82, 2.24) is 24.8 Å². The summed E-state index contributed by atoms with van der Waals surface area (Å²) in [4.78, 5) is 34.7. The van der Waals surface area contributed by atoms with Crippen LogP contribution in [0.2, 0.25) is 0 Å². The van der Waals surface area contributed by atoms with E-state index in [9.17, 15) is 4.79 Å². The number of likely N-dealkylation sites (tertiary alicyclic amines) is 1. The number of imidazole rings is 1. The third kappa shape index (κ3) is 4.61. The maximum absolute atomic E-state index is 13.0. The van der Waals surface area contributed by atoms with Gasteiger partial charge >= 0.3 is 0 Å². The van der Waals surface area contributed by atoms with Gasteiger partial charge in [-0.2, -0.15) is 0 Å². The molecule has 8 heteroatoms. The Kier molecular flexibility index (Phi) is 6.09. The van der Waals surface area contributed by atoms with Gasteiger partial charge in [-0.3, -0.25) is 14.6 Å². The van der Waals surface area contributed by atoms with E-state index in [2.05, 4.69) is 14.9 Å². The molecule has 3 aromatic rings. The lowest BCUT2D eigenvalue weighted by Gasteiger charge is -2.33. The molecule has 2 aliphatic rings. The zero-order valence-electron chi connectivity index (χ0n) is 19.3. The number of aromatic amines is 1. The molecule has 33 heavy (non-hydrogen) atoms. The van der Waals surface area contributed by atoms with Crippen LogP contribution in [0.5, 0.6) is 5.75 Å². The van der Waals surface area contributed by atoms with E-state index < -0.39 is 0 Å². The van der Waals surface area contributed by atoms with Crippen LogP contribution in [0, 0.1) is 6.92 Å². The van der Waals surface area contributed by atoms with E-state index in [4.69, 9.17) is 14.7 Å².